The lowest BCUT2D eigenvalue weighted by Crippen LogP contribution is -2.50. The quantitative estimate of drug-likeness (QED) is 0.633. The highest BCUT2D eigenvalue weighted by Gasteiger charge is 2.22. The van der Waals surface area contributed by atoms with E-state index in [0.717, 1.165) is 24.0 Å². The number of carbonyl (C=O) groups is 1. The summed E-state index contributed by atoms with van der Waals surface area (Å²) >= 11 is 0. The lowest BCUT2D eigenvalue weighted by Gasteiger charge is -2.26. The van der Waals surface area contributed by atoms with Gasteiger partial charge in [0.1, 0.15) is 0 Å². The molecule has 1 amide bonds. The first kappa shape index (κ1) is 18.9. The molecule has 7 nitrogen and oxygen atoms in total. The molecule has 0 radical (unpaired) electrons. The maximum absolute atomic E-state index is 12.3. The zero-order chi connectivity index (χ0) is 17.8. The summed E-state index contributed by atoms with van der Waals surface area (Å²) in [4.78, 5) is 12.0. The van der Waals surface area contributed by atoms with E-state index >= 15 is 0 Å². The molecule has 1 heterocycles. The molecule has 8 heteroatoms. The van der Waals surface area contributed by atoms with Crippen LogP contribution in [-0.2, 0) is 32.8 Å². The minimum Gasteiger partial charge on any atom is -0.372 e. The number of rotatable bonds is 8. The second-order valence-electron chi connectivity index (χ2n) is 6.09. The molecule has 134 valence electrons. The van der Waals surface area contributed by atoms with Crippen LogP contribution in [0.15, 0.2) is 23.1 Å². The van der Waals surface area contributed by atoms with Crippen molar-refractivity contribution in [1.29, 1.82) is 0 Å². The molecule has 1 aromatic carbocycles. The van der Waals surface area contributed by atoms with Crippen molar-refractivity contribution >= 4 is 15.9 Å². The molecule has 0 atom stereocenters. The molecule has 0 unspecified atom stereocenters. The van der Waals surface area contributed by atoms with Gasteiger partial charge in [-0.05, 0) is 36.1 Å². The van der Waals surface area contributed by atoms with Gasteiger partial charge in [-0.1, -0.05) is 19.9 Å². The zero-order valence-electron chi connectivity index (χ0n) is 14.1. The first-order valence-corrected chi connectivity index (χ1v) is 9.53. The summed E-state index contributed by atoms with van der Waals surface area (Å²) in [6, 6.07) is 4.84. The maximum atomic E-state index is 12.3. The molecule has 0 spiro atoms. The number of hydrogen-bond donors (Lipinski definition) is 3. The molecule has 4 N–H and O–H groups in total. The van der Waals surface area contributed by atoms with Gasteiger partial charge in [-0.3, -0.25) is 4.79 Å². The van der Waals surface area contributed by atoms with Crippen molar-refractivity contribution in [3.63, 3.8) is 0 Å². The van der Waals surface area contributed by atoms with E-state index in [2.05, 4.69) is 10.0 Å². The predicted octanol–water partition coefficient (Wildman–Crippen LogP) is 0.629. The number of hydrogen-bond acceptors (Lipinski definition) is 5. The molecule has 1 aromatic rings. The summed E-state index contributed by atoms with van der Waals surface area (Å²) < 4.78 is 32.2. The topological polar surface area (TPSA) is 111 Å². The van der Waals surface area contributed by atoms with Crippen molar-refractivity contribution in [2.24, 2.45) is 5.73 Å². The summed E-state index contributed by atoms with van der Waals surface area (Å²) in [5.41, 5.74) is 7.49. The largest absolute Gasteiger partial charge is 0.372 e. The summed E-state index contributed by atoms with van der Waals surface area (Å²) in [7, 11) is -3.74. The lowest BCUT2D eigenvalue weighted by atomic mass is 9.94. The molecule has 0 bridgehead atoms. The van der Waals surface area contributed by atoms with Crippen LogP contribution in [0.25, 0.3) is 0 Å². The number of carbonyl (C=O) groups excluding carboxylic acids is 1. The monoisotopic (exact) mass is 355 g/mol. The average Bonchev–Trinajstić information content (AvgIpc) is 3.05. The Hall–Kier alpha value is -1.48. The van der Waals surface area contributed by atoms with Crippen molar-refractivity contribution in [3.05, 3.63) is 29.3 Å². The van der Waals surface area contributed by atoms with Gasteiger partial charge in [0, 0.05) is 12.1 Å². The molecular formula is C16H25N3O4S. The van der Waals surface area contributed by atoms with Gasteiger partial charge in [0.15, 0.2) is 0 Å². The average molecular weight is 355 g/mol. The Morgan fingerprint density at radius 2 is 1.92 bits per heavy atom. The molecule has 0 saturated carbocycles. The third-order valence-electron chi connectivity index (χ3n) is 4.47. The zero-order valence-corrected chi connectivity index (χ0v) is 14.9. The van der Waals surface area contributed by atoms with Crippen LogP contribution in [0.5, 0.6) is 0 Å². The highest BCUT2D eigenvalue weighted by Crippen LogP contribution is 2.22. The molecule has 0 aromatic heterocycles. The number of amides is 1. The minimum atomic E-state index is -3.74. The van der Waals surface area contributed by atoms with E-state index in [1.54, 1.807) is 12.1 Å². The molecule has 1 aliphatic heterocycles. The third-order valence-corrected chi connectivity index (χ3v) is 5.87. The number of nitrogens with one attached hydrogen (secondary N) is 2. The van der Waals surface area contributed by atoms with Gasteiger partial charge in [-0.2, -0.15) is 0 Å². The van der Waals surface area contributed by atoms with Gasteiger partial charge >= 0.3 is 0 Å². The number of nitrogens with two attached hydrogens (primary N) is 1. The predicted molar refractivity (Wildman–Crippen MR) is 90.6 cm³/mol. The summed E-state index contributed by atoms with van der Waals surface area (Å²) in [5.74, 6) is -0.403. The molecule has 1 aliphatic rings. The Kier molecular flexibility index (Phi) is 5.97. The second kappa shape index (κ2) is 7.60. The van der Waals surface area contributed by atoms with Crippen molar-refractivity contribution < 1.29 is 17.9 Å². The van der Waals surface area contributed by atoms with Gasteiger partial charge in [0.05, 0.1) is 24.7 Å². The van der Waals surface area contributed by atoms with E-state index < -0.39 is 21.5 Å². The fraction of sp³-hybridized carbons (Fsp3) is 0.562. The molecule has 0 saturated heterocycles. The number of fused-ring (bicyclic) bond motifs is 1. The van der Waals surface area contributed by atoms with Crippen LogP contribution in [0.4, 0.5) is 0 Å². The van der Waals surface area contributed by atoms with E-state index in [4.69, 9.17) is 10.5 Å². The Balaban J connectivity index is 1.92. The standard InChI is InChI=1S/C16H25N3O4S/c1-3-16(17,4-2)11-18-15(20)8-19-24(21,22)14-6-5-12-9-23-10-13(12)7-14/h5-7,19H,3-4,8-11,17H2,1-2H3,(H,18,20). The van der Waals surface area contributed by atoms with Gasteiger partial charge in [0.25, 0.3) is 0 Å². The number of sulfonamides is 1. The third kappa shape index (κ3) is 4.54. The summed E-state index contributed by atoms with van der Waals surface area (Å²) in [5, 5.41) is 2.68. The molecular weight excluding hydrogens is 330 g/mol. The first-order valence-electron chi connectivity index (χ1n) is 8.04. The second-order valence-corrected chi connectivity index (χ2v) is 7.86. The van der Waals surface area contributed by atoms with E-state index in [1.165, 1.54) is 6.07 Å². The van der Waals surface area contributed by atoms with E-state index in [0.29, 0.717) is 19.8 Å². The normalized spacial score (nSPS) is 14.5. The van der Waals surface area contributed by atoms with E-state index in [9.17, 15) is 13.2 Å². The lowest BCUT2D eigenvalue weighted by molar-refractivity contribution is -0.120. The van der Waals surface area contributed by atoms with Crippen LogP contribution in [-0.4, -0.2) is 33.0 Å². The van der Waals surface area contributed by atoms with Crippen LogP contribution >= 0.6 is 0 Å². The van der Waals surface area contributed by atoms with Crippen LogP contribution < -0.4 is 15.8 Å². The molecule has 0 aliphatic carbocycles. The minimum absolute atomic E-state index is 0.134. The van der Waals surface area contributed by atoms with Crippen LogP contribution in [0.3, 0.4) is 0 Å². The van der Waals surface area contributed by atoms with Gasteiger partial charge in [0.2, 0.25) is 15.9 Å². The van der Waals surface area contributed by atoms with E-state index in [1.807, 2.05) is 13.8 Å². The fourth-order valence-corrected chi connectivity index (χ4v) is 3.43. The summed E-state index contributed by atoms with van der Waals surface area (Å²) in [6.07, 6.45) is 1.46. The number of ether oxygens (including phenoxy) is 1. The van der Waals surface area contributed by atoms with E-state index in [-0.39, 0.29) is 11.4 Å². The highest BCUT2D eigenvalue weighted by molar-refractivity contribution is 7.89. The fourth-order valence-electron chi connectivity index (χ4n) is 2.40. The molecule has 2 rings (SSSR count). The number of benzene rings is 1. The Bertz CT molecular complexity index is 699. The van der Waals surface area contributed by atoms with Crippen molar-refractivity contribution in [2.75, 3.05) is 13.1 Å². The van der Waals surface area contributed by atoms with Crippen LogP contribution in [0, 0.1) is 0 Å². The maximum Gasteiger partial charge on any atom is 0.241 e. The Morgan fingerprint density at radius 3 is 2.58 bits per heavy atom. The molecule has 0 fully saturated rings. The van der Waals surface area contributed by atoms with Crippen molar-refractivity contribution in [2.45, 2.75) is 50.3 Å². The Morgan fingerprint density at radius 1 is 1.25 bits per heavy atom. The first-order chi connectivity index (χ1) is 11.3. The van der Waals surface area contributed by atoms with Gasteiger partial charge in [-0.15, -0.1) is 0 Å². The highest BCUT2D eigenvalue weighted by atomic mass is 32.2. The SMILES string of the molecule is CCC(N)(CC)CNC(=O)CNS(=O)(=O)c1ccc2c(c1)COC2. The summed E-state index contributed by atoms with van der Waals surface area (Å²) in [6.45, 7) is 4.81. The van der Waals surface area contributed by atoms with Crippen molar-refractivity contribution in [3.8, 4) is 0 Å². The molecule has 24 heavy (non-hydrogen) atoms. The van der Waals surface area contributed by atoms with Crippen LogP contribution in [0.2, 0.25) is 0 Å². The smallest absolute Gasteiger partial charge is 0.241 e. The van der Waals surface area contributed by atoms with Gasteiger partial charge < -0.3 is 15.8 Å². The Labute approximate surface area is 143 Å². The van der Waals surface area contributed by atoms with Crippen LogP contribution in [0.1, 0.15) is 37.8 Å². The van der Waals surface area contributed by atoms with Gasteiger partial charge in [-0.25, -0.2) is 13.1 Å². The van der Waals surface area contributed by atoms with Crippen molar-refractivity contribution in [1.82, 2.24) is 10.0 Å².